The van der Waals surface area contributed by atoms with E-state index in [1.807, 2.05) is 17.0 Å². The summed E-state index contributed by atoms with van der Waals surface area (Å²) < 4.78 is 14.7. The molecule has 61 heavy (non-hydrogen) atoms. The molecule has 5 aromatic rings. The van der Waals surface area contributed by atoms with Gasteiger partial charge in [0.1, 0.15) is 0 Å². The second-order valence-corrected chi connectivity index (χ2v) is 15.7. The Morgan fingerprint density at radius 1 is 0.787 bits per heavy atom. The number of aromatic nitrogens is 3. The van der Waals surface area contributed by atoms with E-state index < -0.39 is 11.7 Å². The number of piperidine rings is 3. The van der Waals surface area contributed by atoms with Gasteiger partial charge in [-0.15, -0.1) is 0 Å². The number of halogens is 2. The van der Waals surface area contributed by atoms with Gasteiger partial charge < -0.3 is 25.8 Å². The molecule has 2 aromatic heterocycles. The van der Waals surface area contributed by atoms with E-state index in [-0.39, 0.29) is 35.4 Å². The molecule has 1 atom stereocenters. The van der Waals surface area contributed by atoms with Crippen molar-refractivity contribution in [2.45, 2.75) is 50.5 Å². The SMILES string of the molecule is O=C1CCC(c2ccc(C#CC3CCN(C4CCN(C(=O)c5ccc(Nc6ncc(F)c(Nc7ccc(C(=O)Nc8ccccc8Cl)cc7)n6)cc5)CC4)CC3)cn2)C(=O)N1. The highest BCUT2D eigenvalue weighted by Gasteiger charge is 2.31. The Labute approximate surface area is 357 Å². The molecule has 310 valence electrons. The van der Waals surface area contributed by atoms with Crippen molar-refractivity contribution in [3.05, 3.63) is 131 Å². The predicted molar refractivity (Wildman–Crippen MR) is 230 cm³/mol. The molecule has 1 unspecified atom stereocenters. The minimum absolute atomic E-state index is 0.0181. The fourth-order valence-corrected chi connectivity index (χ4v) is 7.99. The number of anilines is 5. The summed E-state index contributed by atoms with van der Waals surface area (Å²) in [4.78, 5) is 67.1. The van der Waals surface area contributed by atoms with Gasteiger partial charge in [-0.1, -0.05) is 35.6 Å². The summed E-state index contributed by atoms with van der Waals surface area (Å²) in [6.07, 6.45) is 7.35. The van der Waals surface area contributed by atoms with Crippen molar-refractivity contribution in [3.63, 3.8) is 0 Å². The van der Waals surface area contributed by atoms with E-state index in [0.29, 0.717) is 76.8 Å². The number of nitrogens with one attached hydrogen (secondary N) is 4. The Bertz CT molecular complexity index is 2480. The molecule has 3 aliphatic heterocycles. The first-order chi connectivity index (χ1) is 29.6. The number of pyridine rings is 1. The van der Waals surface area contributed by atoms with Gasteiger partial charge in [0.25, 0.3) is 11.8 Å². The second-order valence-electron chi connectivity index (χ2n) is 15.3. The molecule has 4 N–H and O–H groups in total. The Hall–Kier alpha value is -6.69. The predicted octanol–water partition coefficient (Wildman–Crippen LogP) is 7.29. The minimum Gasteiger partial charge on any atom is -0.339 e. The van der Waals surface area contributed by atoms with Crippen LogP contribution in [0.4, 0.5) is 33.2 Å². The molecule has 3 aromatic carbocycles. The van der Waals surface area contributed by atoms with Gasteiger partial charge >= 0.3 is 0 Å². The van der Waals surface area contributed by atoms with Crippen LogP contribution in [-0.2, 0) is 9.59 Å². The number of para-hydroxylation sites is 1. The third kappa shape index (κ3) is 10.2. The van der Waals surface area contributed by atoms with E-state index in [9.17, 15) is 23.6 Å². The number of carbonyl (C=O) groups excluding carboxylic acids is 4. The van der Waals surface area contributed by atoms with Gasteiger partial charge in [0.2, 0.25) is 17.8 Å². The highest BCUT2D eigenvalue weighted by atomic mass is 35.5. The molecule has 0 aliphatic carbocycles. The maximum absolute atomic E-state index is 14.7. The number of imide groups is 1. The average molecular weight is 840 g/mol. The van der Waals surface area contributed by atoms with E-state index >= 15 is 0 Å². The number of amides is 4. The number of hydrogen-bond acceptors (Lipinski definition) is 10. The van der Waals surface area contributed by atoms with Crippen molar-refractivity contribution in [2.75, 3.05) is 42.1 Å². The smallest absolute Gasteiger partial charge is 0.255 e. The van der Waals surface area contributed by atoms with E-state index in [4.69, 9.17) is 11.6 Å². The summed E-state index contributed by atoms with van der Waals surface area (Å²) in [6, 6.07) is 24.7. The first-order valence-corrected chi connectivity index (χ1v) is 20.7. The lowest BCUT2D eigenvalue weighted by molar-refractivity contribution is -0.134. The van der Waals surface area contributed by atoms with Crippen LogP contribution in [0.25, 0.3) is 0 Å². The molecule has 3 fully saturated rings. The highest BCUT2D eigenvalue weighted by Crippen LogP contribution is 2.27. The lowest BCUT2D eigenvalue weighted by Gasteiger charge is -2.41. The van der Waals surface area contributed by atoms with Crippen LogP contribution in [0, 0.1) is 23.6 Å². The molecule has 5 heterocycles. The molecule has 4 amide bonds. The number of likely N-dealkylation sites (tertiary alicyclic amines) is 2. The second kappa shape index (κ2) is 18.7. The average Bonchev–Trinajstić information content (AvgIpc) is 3.28. The molecule has 0 spiro atoms. The van der Waals surface area contributed by atoms with Gasteiger partial charge in [-0.25, -0.2) is 9.37 Å². The molecular weight excluding hydrogens is 797 g/mol. The third-order valence-electron chi connectivity index (χ3n) is 11.3. The summed E-state index contributed by atoms with van der Waals surface area (Å²) in [5, 5.41) is 11.6. The maximum Gasteiger partial charge on any atom is 0.255 e. The number of hydrogen-bond donors (Lipinski definition) is 4. The molecule has 3 aliphatic rings. The van der Waals surface area contributed by atoms with Crippen LogP contribution in [-0.4, -0.2) is 80.6 Å². The molecule has 3 saturated heterocycles. The molecule has 0 saturated carbocycles. The number of nitrogens with zero attached hydrogens (tertiary/aromatic N) is 5. The number of carbonyl (C=O) groups is 4. The lowest BCUT2D eigenvalue weighted by atomic mass is 9.93. The zero-order valence-corrected chi connectivity index (χ0v) is 33.9. The van der Waals surface area contributed by atoms with Crippen molar-refractivity contribution in [1.82, 2.24) is 30.1 Å². The van der Waals surface area contributed by atoms with Gasteiger partial charge in [-0.2, -0.15) is 4.98 Å². The monoisotopic (exact) mass is 839 g/mol. The van der Waals surface area contributed by atoms with Gasteiger partial charge in [-0.05, 0) is 118 Å². The van der Waals surface area contributed by atoms with E-state index in [1.165, 1.54) is 0 Å². The highest BCUT2D eigenvalue weighted by molar-refractivity contribution is 6.33. The van der Waals surface area contributed by atoms with Gasteiger partial charge in [-0.3, -0.25) is 29.5 Å². The maximum atomic E-state index is 14.7. The molecule has 0 bridgehead atoms. The van der Waals surface area contributed by atoms with E-state index in [1.54, 1.807) is 79.0 Å². The normalized spacial score (nSPS) is 17.5. The fourth-order valence-electron chi connectivity index (χ4n) is 7.81. The van der Waals surface area contributed by atoms with Crippen molar-refractivity contribution in [1.29, 1.82) is 0 Å². The van der Waals surface area contributed by atoms with Gasteiger partial charge in [0, 0.05) is 65.7 Å². The zero-order chi connectivity index (χ0) is 42.3. The standard InChI is InChI=1S/C46H43ClFN9O4/c47-37-3-1-2-4-40(37)53-43(59)31-8-12-33(13-9-31)51-42-38(48)28-50-46(55-42)52-34-14-10-32(11-15-34)45(61)57-25-21-35(22-26-57)56-23-19-29(20-24-56)5-6-30-7-17-39(49-27-30)36-16-18-41(58)54-44(36)60/h1-4,7-15,17,27-29,35-36H,16,18-26H2,(H,53,59)(H,54,58,60)(H2,50,51,52,55). The molecule has 13 nitrogen and oxygen atoms in total. The molecular formula is C46H43ClFN9O4. The summed E-state index contributed by atoms with van der Waals surface area (Å²) in [6.45, 7) is 3.30. The first-order valence-electron chi connectivity index (χ1n) is 20.3. The van der Waals surface area contributed by atoms with Crippen molar-refractivity contribution in [3.8, 4) is 11.8 Å². The largest absolute Gasteiger partial charge is 0.339 e. The third-order valence-corrected chi connectivity index (χ3v) is 11.6. The summed E-state index contributed by atoms with van der Waals surface area (Å²) >= 11 is 6.15. The van der Waals surface area contributed by atoms with Crippen molar-refractivity contribution in [2.24, 2.45) is 5.92 Å². The molecule has 15 heteroatoms. The van der Waals surface area contributed by atoms with E-state index in [0.717, 1.165) is 50.5 Å². The number of rotatable bonds is 9. The van der Waals surface area contributed by atoms with Gasteiger partial charge in [0.15, 0.2) is 11.6 Å². The lowest BCUT2D eigenvalue weighted by Crippen LogP contribution is -2.49. The summed E-state index contributed by atoms with van der Waals surface area (Å²) in [7, 11) is 0. The van der Waals surface area contributed by atoms with Crippen LogP contribution in [0.5, 0.6) is 0 Å². The molecule has 8 rings (SSSR count). The van der Waals surface area contributed by atoms with Crippen molar-refractivity contribution < 1.29 is 23.6 Å². The van der Waals surface area contributed by atoms with Crippen LogP contribution < -0.4 is 21.3 Å². The Morgan fingerprint density at radius 2 is 1.49 bits per heavy atom. The number of benzene rings is 3. The van der Waals surface area contributed by atoms with Crippen LogP contribution in [0.1, 0.15) is 76.4 Å². The quantitative estimate of drug-likeness (QED) is 0.0877. The summed E-state index contributed by atoms with van der Waals surface area (Å²) in [5.41, 5.74) is 4.09. The Balaban J connectivity index is 0.777. The molecule has 0 radical (unpaired) electrons. The summed E-state index contributed by atoms with van der Waals surface area (Å²) in [5.74, 6) is 5.14. The fraction of sp³-hybridized carbons (Fsp3) is 0.283. The topological polar surface area (TPSA) is 162 Å². The Kier molecular flexibility index (Phi) is 12.6. The van der Waals surface area contributed by atoms with Crippen LogP contribution in [0.2, 0.25) is 5.02 Å². The Morgan fingerprint density at radius 3 is 2.18 bits per heavy atom. The minimum atomic E-state index is -0.655. The van der Waals surface area contributed by atoms with Crippen LogP contribution in [0.3, 0.4) is 0 Å². The van der Waals surface area contributed by atoms with Crippen LogP contribution >= 0.6 is 11.6 Å². The first kappa shape index (κ1) is 41.1. The van der Waals surface area contributed by atoms with Crippen molar-refractivity contribution >= 4 is 64.1 Å². The zero-order valence-electron chi connectivity index (χ0n) is 33.2. The van der Waals surface area contributed by atoms with Gasteiger partial charge in [0.05, 0.1) is 28.5 Å². The van der Waals surface area contributed by atoms with Crippen LogP contribution in [0.15, 0.2) is 97.3 Å². The van der Waals surface area contributed by atoms with E-state index in [2.05, 4.69) is 53.0 Å².